The van der Waals surface area contributed by atoms with Crippen LogP contribution in [-0.4, -0.2) is 30.4 Å². The molecule has 1 aliphatic rings. The largest absolute Gasteiger partial charge is 0.305 e. The molecule has 20 heavy (non-hydrogen) atoms. The van der Waals surface area contributed by atoms with Crippen molar-refractivity contribution in [3.63, 3.8) is 0 Å². The first-order valence-electron chi connectivity index (χ1n) is 6.76. The highest BCUT2D eigenvalue weighted by molar-refractivity contribution is 7.91. The van der Waals surface area contributed by atoms with Crippen LogP contribution < -0.4 is 5.32 Å². The Morgan fingerprint density at radius 2 is 2.05 bits per heavy atom. The Hall–Kier alpha value is -1.46. The fraction of sp³-hybridized carbons (Fsp3) is 0.400. The number of benzene rings is 1. The van der Waals surface area contributed by atoms with E-state index in [-0.39, 0.29) is 17.0 Å². The maximum absolute atomic E-state index is 11.6. The molecule has 0 saturated carbocycles. The van der Waals surface area contributed by atoms with Crippen molar-refractivity contribution in [1.82, 2.24) is 10.3 Å². The minimum absolute atomic E-state index is 0.216. The van der Waals surface area contributed by atoms with Crippen LogP contribution in [-0.2, 0) is 16.4 Å². The second-order valence-electron chi connectivity index (χ2n) is 5.75. The maximum Gasteiger partial charge on any atom is 0.152 e. The summed E-state index contributed by atoms with van der Waals surface area (Å²) in [4.78, 5) is 4.59. The molecule has 0 spiro atoms. The number of nitrogens with one attached hydrogen (secondary N) is 1. The fourth-order valence-electron chi connectivity index (χ4n) is 2.66. The van der Waals surface area contributed by atoms with Gasteiger partial charge in [0.25, 0.3) is 0 Å². The third kappa shape index (κ3) is 2.83. The van der Waals surface area contributed by atoms with Crippen molar-refractivity contribution in [3.8, 4) is 0 Å². The van der Waals surface area contributed by atoms with Gasteiger partial charge in [-0.15, -0.1) is 0 Å². The van der Waals surface area contributed by atoms with Gasteiger partial charge in [-0.3, -0.25) is 4.98 Å². The topological polar surface area (TPSA) is 59.1 Å². The van der Waals surface area contributed by atoms with Crippen LogP contribution in [0.4, 0.5) is 0 Å². The van der Waals surface area contributed by atoms with E-state index in [1.165, 1.54) is 0 Å². The second-order valence-corrected chi connectivity index (χ2v) is 7.94. The molecule has 106 valence electrons. The lowest BCUT2D eigenvalue weighted by molar-refractivity contribution is 0.393. The van der Waals surface area contributed by atoms with Crippen molar-refractivity contribution in [1.29, 1.82) is 0 Å². The lowest BCUT2D eigenvalue weighted by Gasteiger charge is -2.23. The normalized spacial score (nSPS) is 25.1. The molecule has 1 aromatic heterocycles. The Kier molecular flexibility index (Phi) is 3.26. The van der Waals surface area contributed by atoms with E-state index in [1.54, 1.807) is 0 Å². The molecule has 4 nitrogen and oxygen atoms in total. The van der Waals surface area contributed by atoms with Crippen LogP contribution in [0.1, 0.15) is 19.0 Å². The molecule has 2 heterocycles. The predicted molar refractivity (Wildman–Crippen MR) is 80.3 cm³/mol. The number of hydrogen-bond donors (Lipinski definition) is 1. The average molecular weight is 290 g/mol. The smallest absolute Gasteiger partial charge is 0.152 e. The van der Waals surface area contributed by atoms with Crippen molar-refractivity contribution in [2.45, 2.75) is 25.4 Å². The van der Waals surface area contributed by atoms with Gasteiger partial charge in [-0.1, -0.05) is 24.3 Å². The summed E-state index contributed by atoms with van der Waals surface area (Å²) in [7, 11) is -2.88. The second kappa shape index (κ2) is 4.82. The monoisotopic (exact) mass is 290 g/mol. The van der Waals surface area contributed by atoms with E-state index in [9.17, 15) is 8.42 Å². The first kappa shape index (κ1) is 13.5. The number of sulfone groups is 1. The Morgan fingerprint density at radius 1 is 1.25 bits per heavy atom. The van der Waals surface area contributed by atoms with Crippen molar-refractivity contribution in [2.75, 3.05) is 11.5 Å². The van der Waals surface area contributed by atoms with Crippen LogP contribution in [0.15, 0.2) is 36.4 Å². The summed E-state index contributed by atoms with van der Waals surface area (Å²) in [6.07, 6.45) is 0.670. The third-order valence-electron chi connectivity index (χ3n) is 3.86. The highest BCUT2D eigenvalue weighted by atomic mass is 32.2. The Labute approximate surface area is 119 Å². The highest BCUT2D eigenvalue weighted by Crippen LogP contribution is 2.23. The van der Waals surface area contributed by atoms with Gasteiger partial charge in [-0.05, 0) is 25.5 Å². The van der Waals surface area contributed by atoms with E-state index >= 15 is 0 Å². The summed E-state index contributed by atoms with van der Waals surface area (Å²) >= 11 is 0. The van der Waals surface area contributed by atoms with E-state index in [0.29, 0.717) is 13.0 Å². The lowest BCUT2D eigenvalue weighted by atomic mass is 10.0. The van der Waals surface area contributed by atoms with Crippen LogP contribution >= 0.6 is 0 Å². The molecule has 2 aromatic rings. The van der Waals surface area contributed by atoms with Crippen LogP contribution in [0, 0.1) is 0 Å². The zero-order chi connectivity index (χ0) is 14.2. The van der Waals surface area contributed by atoms with Crippen LogP contribution in [0.5, 0.6) is 0 Å². The number of rotatable bonds is 3. The molecule has 1 aromatic carbocycles. The van der Waals surface area contributed by atoms with Crippen molar-refractivity contribution < 1.29 is 8.42 Å². The van der Waals surface area contributed by atoms with Gasteiger partial charge in [0.1, 0.15) is 0 Å². The van der Waals surface area contributed by atoms with Gasteiger partial charge < -0.3 is 5.32 Å². The fourth-order valence-corrected chi connectivity index (χ4v) is 4.78. The van der Waals surface area contributed by atoms with Crippen molar-refractivity contribution in [3.05, 3.63) is 42.1 Å². The molecule has 1 atom stereocenters. The number of para-hydroxylation sites is 1. The minimum Gasteiger partial charge on any atom is -0.305 e. The minimum atomic E-state index is -2.88. The first-order valence-corrected chi connectivity index (χ1v) is 8.58. The summed E-state index contributed by atoms with van der Waals surface area (Å²) in [5.74, 6) is 0.495. The van der Waals surface area contributed by atoms with Gasteiger partial charge in [-0.25, -0.2) is 8.42 Å². The van der Waals surface area contributed by atoms with Gasteiger partial charge in [0.15, 0.2) is 9.84 Å². The van der Waals surface area contributed by atoms with Crippen molar-refractivity contribution >= 4 is 20.7 Å². The Bertz CT molecular complexity index is 742. The first-order chi connectivity index (χ1) is 9.46. The molecule has 0 bridgehead atoms. The van der Waals surface area contributed by atoms with Gasteiger partial charge in [-0.2, -0.15) is 0 Å². The molecule has 0 aliphatic carbocycles. The Morgan fingerprint density at radius 3 is 2.80 bits per heavy atom. The average Bonchev–Trinajstić information content (AvgIpc) is 2.71. The molecule has 1 saturated heterocycles. The van der Waals surface area contributed by atoms with Gasteiger partial charge in [0, 0.05) is 17.5 Å². The summed E-state index contributed by atoms with van der Waals surface area (Å²) in [6, 6.07) is 12.0. The molecule has 3 rings (SSSR count). The molecule has 1 N–H and O–H groups in total. The SMILES string of the molecule is CC1(NCc2ccc3ccccc3n2)CCS(=O)(=O)C1. The van der Waals surface area contributed by atoms with Crippen molar-refractivity contribution in [2.24, 2.45) is 0 Å². The predicted octanol–water partition coefficient (Wildman–Crippen LogP) is 1.90. The molecule has 0 radical (unpaired) electrons. The zero-order valence-corrected chi connectivity index (χ0v) is 12.3. The van der Waals surface area contributed by atoms with Gasteiger partial charge >= 0.3 is 0 Å². The van der Waals surface area contributed by atoms with E-state index < -0.39 is 9.84 Å². The number of pyridine rings is 1. The van der Waals surface area contributed by atoms with E-state index in [4.69, 9.17) is 0 Å². The van der Waals surface area contributed by atoms with Crippen LogP contribution in [0.2, 0.25) is 0 Å². The quantitative estimate of drug-likeness (QED) is 0.938. The number of hydrogen-bond acceptors (Lipinski definition) is 4. The Balaban J connectivity index is 1.74. The molecular formula is C15H18N2O2S. The maximum atomic E-state index is 11.6. The molecule has 0 amide bonds. The lowest BCUT2D eigenvalue weighted by Crippen LogP contribution is -2.43. The zero-order valence-electron chi connectivity index (χ0n) is 11.5. The van der Waals surface area contributed by atoms with E-state index in [1.807, 2.05) is 43.3 Å². The number of fused-ring (bicyclic) bond motifs is 1. The highest BCUT2D eigenvalue weighted by Gasteiger charge is 2.37. The molecule has 1 unspecified atom stereocenters. The van der Waals surface area contributed by atoms with E-state index in [0.717, 1.165) is 16.6 Å². The van der Waals surface area contributed by atoms with Crippen LogP contribution in [0.3, 0.4) is 0 Å². The summed E-state index contributed by atoms with van der Waals surface area (Å²) in [5, 5.41) is 4.47. The van der Waals surface area contributed by atoms with Crippen LogP contribution in [0.25, 0.3) is 10.9 Å². The third-order valence-corrected chi connectivity index (χ3v) is 5.76. The summed E-state index contributed by atoms with van der Waals surface area (Å²) in [6.45, 7) is 2.56. The molecule has 5 heteroatoms. The van der Waals surface area contributed by atoms with E-state index in [2.05, 4.69) is 10.3 Å². The standard InChI is InChI=1S/C15H18N2O2S/c1-15(8-9-20(18,19)11-15)16-10-13-7-6-12-4-2-3-5-14(12)17-13/h2-7,16H,8-11H2,1H3. The summed E-state index contributed by atoms with van der Waals surface area (Å²) < 4.78 is 23.2. The summed E-state index contributed by atoms with van der Waals surface area (Å²) in [5.41, 5.74) is 1.58. The number of nitrogens with zero attached hydrogens (tertiary/aromatic N) is 1. The molecular weight excluding hydrogens is 272 g/mol. The number of aromatic nitrogens is 1. The van der Waals surface area contributed by atoms with Gasteiger partial charge in [0.2, 0.25) is 0 Å². The molecule has 1 fully saturated rings. The molecule has 1 aliphatic heterocycles. The van der Waals surface area contributed by atoms with Gasteiger partial charge in [0.05, 0.1) is 22.7 Å².